The molecule has 0 spiro atoms. The number of hydrogen-bond donors (Lipinski definition) is 1. The molecule has 0 fully saturated rings. The smallest absolute Gasteiger partial charge is 0.127 e. The van der Waals surface area contributed by atoms with Gasteiger partial charge in [-0.1, -0.05) is 46.9 Å². The Kier molecular flexibility index (Phi) is 3.83. The molecule has 2 aromatic carbocycles. The van der Waals surface area contributed by atoms with Crippen LogP contribution in [0.2, 0.25) is 15.1 Å². The zero-order chi connectivity index (χ0) is 14.3. The van der Waals surface area contributed by atoms with Crippen molar-refractivity contribution in [2.75, 3.05) is 0 Å². The second-order valence-corrected chi connectivity index (χ2v) is 6.00. The maximum Gasteiger partial charge on any atom is 0.127 e. The number of fused-ring (bicyclic) bond motifs is 1. The third-order valence-corrected chi connectivity index (χ3v) is 4.51. The predicted molar refractivity (Wildman–Crippen MR) is 82.8 cm³/mol. The first-order valence-electron chi connectivity index (χ1n) is 6.22. The summed E-state index contributed by atoms with van der Waals surface area (Å²) in [6.07, 6.45) is 0.429. The van der Waals surface area contributed by atoms with Gasteiger partial charge in [0.15, 0.2) is 0 Å². The summed E-state index contributed by atoms with van der Waals surface area (Å²) in [7, 11) is 0. The van der Waals surface area contributed by atoms with Crippen LogP contribution in [0.25, 0.3) is 0 Å². The van der Waals surface area contributed by atoms with Crippen LogP contribution in [0.4, 0.5) is 0 Å². The highest BCUT2D eigenvalue weighted by Crippen LogP contribution is 2.43. The van der Waals surface area contributed by atoms with Crippen molar-refractivity contribution in [2.45, 2.75) is 18.6 Å². The lowest BCUT2D eigenvalue weighted by Gasteiger charge is -2.31. The van der Waals surface area contributed by atoms with E-state index in [1.807, 2.05) is 24.3 Å². The second kappa shape index (κ2) is 5.45. The van der Waals surface area contributed by atoms with Crippen LogP contribution in [0.1, 0.15) is 29.7 Å². The Hall–Kier alpha value is -0.930. The van der Waals surface area contributed by atoms with E-state index in [4.69, 9.17) is 45.3 Å². The van der Waals surface area contributed by atoms with E-state index >= 15 is 0 Å². The third-order valence-electron chi connectivity index (χ3n) is 3.44. The molecular weight excluding hydrogens is 317 g/mol. The molecule has 2 aromatic rings. The predicted octanol–water partition coefficient (Wildman–Crippen LogP) is 5.17. The Labute approximate surface area is 132 Å². The Morgan fingerprint density at radius 1 is 1.05 bits per heavy atom. The van der Waals surface area contributed by atoms with Gasteiger partial charge in [0.25, 0.3) is 0 Å². The highest BCUT2D eigenvalue weighted by atomic mass is 35.5. The molecule has 3 rings (SSSR count). The molecule has 20 heavy (non-hydrogen) atoms. The standard InChI is InChI=1S/C15H12Cl3NO/c16-8-4-5-13-10(6-8)12(19)7-14(20-13)9-2-1-3-11(17)15(9)18/h1-6,12,14H,7,19H2. The molecule has 5 heteroatoms. The summed E-state index contributed by atoms with van der Waals surface area (Å²) < 4.78 is 6.00. The average molecular weight is 329 g/mol. The molecule has 0 aromatic heterocycles. The maximum atomic E-state index is 6.25. The number of ether oxygens (including phenoxy) is 1. The molecule has 0 amide bonds. The normalized spacial score (nSPS) is 21.2. The summed E-state index contributed by atoms with van der Waals surface area (Å²) in [5.74, 6) is 0.745. The fourth-order valence-corrected chi connectivity index (χ4v) is 3.05. The fraction of sp³-hybridized carbons (Fsp3) is 0.200. The number of nitrogens with two attached hydrogens (primary N) is 1. The topological polar surface area (TPSA) is 35.2 Å². The van der Waals surface area contributed by atoms with E-state index < -0.39 is 0 Å². The van der Waals surface area contributed by atoms with Gasteiger partial charge in [0.1, 0.15) is 11.9 Å². The van der Waals surface area contributed by atoms with Gasteiger partial charge in [0.05, 0.1) is 10.0 Å². The first kappa shape index (κ1) is 14.0. The molecule has 0 saturated carbocycles. The molecule has 0 aliphatic carbocycles. The van der Waals surface area contributed by atoms with Gasteiger partial charge in [0.2, 0.25) is 0 Å². The van der Waals surface area contributed by atoms with E-state index in [-0.39, 0.29) is 12.1 Å². The molecule has 0 saturated heterocycles. The largest absolute Gasteiger partial charge is 0.485 e. The van der Waals surface area contributed by atoms with Crippen LogP contribution in [-0.2, 0) is 0 Å². The van der Waals surface area contributed by atoms with Crippen LogP contribution in [0.5, 0.6) is 5.75 Å². The highest BCUT2D eigenvalue weighted by Gasteiger charge is 2.28. The zero-order valence-electron chi connectivity index (χ0n) is 10.4. The van der Waals surface area contributed by atoms with Crippen molar-refractivity contribution in [1.82, 2.24) is 0 Å². The SMILES string of the molecule is NC1CC(c2cccc(Cl)c2Cl)Oc2ccc(Cl)cc21. The van der Waals surface area contributed by atoms with Gasteiger partial charge in [-0.15, -0.1) is 0 Å². The summed E-state index contributed by atoms with van der Waals surface area (Å²) in [6, 6.07) is 10.8. The van der Waals surface area contributed by atoms with Gasteiger partial charge >= 0.3 is 0 Å². The quantitative estimate of drug-likeness (QED) is 0.783. The minimum atomic E-state index is -0.204. The Morgan fingerprint density at radius 2 is 1.85 bits per heavy atom. The van der Waals surface area contributed by atoms with Gasteiger partial charge in [-0.25, -0.2) is 0 Å². The van der Waals surface area contributed by atoms with Gasteiger partial charge < -0.3 is 10.5 Å². The molecule has 0 radical (unpaired) electrons. The molecular formula is C15H12Cl3NO. The number of hydrogen-bond acceptors (Lipinski definition) is 2. The summed E-state index contributed by atoms with van der Waals surface area (Å²) in [5.41, 5.74) is 8.00. The van der Waals surface area contributed by atoms with Crippen molar-refractivity contribution >= 4 is 34.8 Å². The van der Waals surface area contributed by atoms with Crippen LogP contribution in [0.15, 0.2) is 36.4 Å². The van der Waals surface area contributed by atoms with Crippen molar-refractivity contribution in [3.63, 3.8) is 0 Å². The molecule has 2 nitrogen and oxygen atoms in total. The molecule has 2 N–H and O–H groups in total. The first-order chi connectivity index (χ1) is 9.56. The van der Waals surface area contributed by atoms with Crippen molar-refractivity contribution in [2.24, 2.45) is 5.73 Å². The maximum absolute atomic E-state index is 6.25. The summed E-state index contributed by atoms with van der Waals surface area (Å²) in [5, 5.41) is 1.69. The van der Waals surface area contributed by atoms with Crippen LogP contribution in [0.3, 0.4) is 0 Å². The van der Waals surface area contributed by atoms with Gasteiger partial charge in [-0.2, -0.15) is 0 Å². The van der Waals surface area contributed by atoms with Crippen LogP contribution >= 0.6 is 34.8 Å². The van der Waals surface area contributed by atoms with Gasteiger partial charge in [-0.05, 0) is 24.3 Å². The van der Waals surface area contributed by atoms with Gasteiger partial charge in [-0.3, -0.25) is 0 Å². The average Bonchev–Trinajstić information content (AvgIpc) is 2.42. The van der Waals surface area contributed by atoms with E-state index in [0.29, 0.717) is 21.5 Å². The van der Waals surface area contributed by atoms with E-state index in [1.165, 1.54) is 0 Å². The molecule has 2 unspecified atom stereocenters. The Balaban J connectivity index is 1.99. The van der Waals surface area contributed by atoms with Crippen molar-refractivity contribution in [1.29, 1.82) is 0 Å². The summed E-state index contributed by atoms with van der Waals surface area (Å²) in [4.78, 5) is 0. The van der Waals surface area contributed by atoms with E-state index in [1.54, 1.807) is 12.1 Å². The molecule has 1 aliphatic heterocycles. The number of benzene rings is 2. The molecule has 1 aliphatic rings. The Bertz CT molecular complexity index is 660. The van der Waals surface area contributed by atoms with Crippen LogP contribution in [0, 0.1) is 0 Å². The minimum Gasteiger partial charge on any atom is -0.485 e. The van der Waals surface area contributed by atoms with E-state index in [2.05, 4.69) is 0 Å². The lowest BCUT2D eigenvalue weighted by atomic mass is 9.93. The van der Waals surface area contributed by atoms with Crippen molar-refractivity contribution in [3.8, 4) is 5.75 Å². The lowest BCUT2D eigenvalue weighted by Crippen LogP contribution is -2.24. The van der Waals surface area contributed by atoms with E-state index in [9.17, 15) is 0 Å². The lowest BCUT2D eigenvalue weighted by molar-refractivity contribution is 0.161. The van der Waals surface area contributed by atoms with E-state index in [0.717, 1.165) is 16.9 Å². The number of rotatable bonds is 1. The van der Waals surface area contributed by atoms with Crippen LogP contribution < -0.4 is 10.5 Å². The first-order valence-corrected chi connectivity index (χ1v) is 7.35. The van der Waals surface area contributed by atoms with Crippen molar-refractivity contribution in [3.05, 3.63) is 62.6 Å². The second-order valence-electron chi connectivity index (χ2n) is 4.77. The molecule has 2 atom stereocenters. The number of halogens is 3. The fourth-order valence-electron chi connectivity index (χ4n) is 2.43. The minimum absolute atomic E-state index is 0.141. The molecule has 1 heterocycles. The third kappa shape index (κ3) is 2.49. The molecule has 0 bridgehead atoms. The Morgan fingerprint density at radius 3 is 2.65 bits per heavy atom. The summed E-state index contributed by atoms with van der Waals surface area (Å²) in [6.45, 7) is 0. The molecule has 104 valence electrons. The zero-order valence-corrected chi connectivity index (χ0v) is 12.7. The summed E-state index contributed by atoms with van der Waals surface area (Å²) >= 11 is 18.3. The monoisotopic (exact) mass is 327 g/mol. The van der Waals surface area contributed by atoms with Crippen LogP contribution in [-0.4, -0.2) is 0 Å². The van der Waals surface area contributed by atoms with Crippen molar-refractivity contribution < 1.29 is 4.74 Å². The highest BCUT2D eigenvalue weighted by molar-refractivity contribution is 6.42. The van der Waals surface area contributed by atoms with Gasteiger partial charge in [0, 0.05) is 28.6 Å².